The Bertz CT molecular complexity index is 387. The van der Waals surface area contributed by atoms with Gasteiger partial charge >= 0.3 is 13.7 Å². The van der Waals surface area contributed by atoms with Gasteiger partial charge in [0.25, 0.3) is 0 Å². The highest BCUT2D eigenvalue weighted by molar-refractivity contribution is 7.53. The van der Waals surface area contributed by atoms with E-state index in [-0.39, 0.29) is 5.69 Å². The second kappa shape index (κ2) is 4.44. The number of para-hydroxylation sites is 1. The predicted molar refractivity (Wildman–Crippen MR) is 53.5 cm³/mol. The lowest BCUT2D eigenvalue weighted by Crippen LogP contribution is -2.26. The molecule has 6 nitrogen and oxygen atoms in total. The van der Waals surface area contributed by atoms with Gasteiger partial charge in [-0.05, 0) is 12.1 Å². The Labute approximate surface area is 86.0 Å². The van der Waals surface area contributed by atoms with Crippen LogP contribution in [0, 0.1) is 0 Å². The molecule has 0 saturated heterocycles. The Morgan fingerprint density at radius 3 is 2.20 bits per heavy atom. The molecule has 1 aromatic carbocycles. The molecule has 0 fully saturated rings. The minimum atomic E-state index is -4.60. The molecule has 82 valence electrons. The first-order valence-electron chi connectivity index (χ1n) is 4.01. The predicted octanol–water partition coefficient (Wildman–Crippen LogP) is 0.670. The minimum absolute atomic E-state index is 0.174. The maximum atomic E-state index is 11.0. The monoisotopic (exact) mass is 231 g/mol. The van der Waals surface area contributed by atoms with E-state index in [0.717, 1.165) is 0 Å². The van der Waals surface area contributed by atoms with Gasteiger partial charge in [-0.1, -0.05) is 18.2 Å². The zero-order valence-corrected chi connectivity index (χ0v) is 8.54. The van der Waals surface area contributed by atoms with Gasteiger partial charge in [-0.25, -0.2) is 4.57 Å². The number of aliphatic carboxylic acids is 1. The zero-order chi connectivity index (χ0) is 11.5. The number of nitrogens with zero attached hydrogens (tertiary/aromatic N) is 1. The number of hydrogen-bond donors (Lipinski definition) is 3. The molecule has 0 atom stereocenters. The van der Waals surface area contributed by atoms with Gasteiger partial charge in [-0.2, -0.15) is 0 Å². The molecule has 7 heteroatoms. The molecule has 0 spiro atoms. The van der Waals surface area contributed by atoms with Crippen molar-refractivity contribution >= 4 is 19.4 Å². The van der Waals surface area contributed by atoms with E-state index in [1.807, 2.05) is 0 Å². The van der Waals surface area contributed by atoms with E-state index in [1.165, 1.54) is 12.1 Å². The first-order chi connectivity index (χ1) is 6.91. The summed E-state index contributed by atoms with van der Waals surface area (Å²) in [5.74, 6) is -1.30. The molecule has 1 rings (SSSR count). The topological polar surface area (TPSA) is 98.1 Å². The first-order valence-corrected chi connectivity index (χ1v) is 5.58. The number of hydrogen-bond acceptors (Lipinski definition) is 2. The van der Waals surface area contributed by atoms with Crippen molar-refractivity contribution in [1.82, 2.24) is 0 Å². The van der Waals surface area contributed by atoms with Crippen molar-refractivity contribution in [3.05, 3.63) is 30.3 Å². The van der Waals surface area contributed by atoms with Crippen molar-refractivity contribution in [2.24, 2.45) is 0 Å². The normalized spacial score (nSPS) is 11.1. The standard InChI is InChI=1S/C8H10NO5P/c10-8(11)6-9(15(12,13)14)7-4-2-1-3-5-7/h1-5H,6H2,(H,10,11)(H2,12,13,14). The Hall–Kier alpha value is -1.36. The maximum Gasteiger partial charge on any atom is 0.430 e. The highest BCUT2D eigenvalue weighted by atomic mass is 31.2. The Balaban J connectivity index is 3.02. The molecule has 0 unspecified atom stereocenters. The molecular formula is C8H10NO5P. The van der Waals surface area contributed by atoms with Crippen LogP contribution in [0.4, 0.5) is 5.69 Å². The van der Waals surface area contributed by atoms with Gasteiger partial charge in [0, 0.05) is 5.69 Å². The smallest absolute Gasteiger partial charge is 0.430 e. The van der Waals surface area contributed by atoms with Crippen LogP contribution >= 0.6 is 7.75 Å². The van der Waals surface area contributed by atoms with E-state index in [9.17, 15) is 9.36 Å². The second-order valence-corrected chi connectivity index (χ2v) is 4.31. The van der Waals surface area contributed by atoms with Gasteiger partial charge in [0.2, 0.25) is 0 Å². The molecule has 0 radical (unpaired) electrons. The third-order valence-corrected chi connectivity index (χ3v) is 2.66. The fourth-order valence-corrected chi connectivity index (χ4v) is 1.80. The molecule has 0 aliphatic heterocycles. The molecular weight excluding hydrogens is 221 g/mol. The number of carboxylic acids is 1. The molecule has 1 aromatic rings. The Morgan fingerprint density at radius 2 is 1.80 bits per heavy atom. The molecule has 0 heterocycles. The van der Waals surface area contributed by atoms with Crippen molar-refractivity contribution < 1.29 is 24.3 Å². The molecule has 0 aromatic heterocycles. The van der Waals surface area contributed by atoms with E-state index in [1.54, 1.807) is 18.2 Å². The lowest BCUT2D eigenvalue weighted by molar-refractivity contribution is -0.135. The fraction of sp³-hybridized carbons (Fsp3) is 0.125. The lowest BCUT2D eigenvalue weighted by atomic mass is 10.3. The summed E-state index contributed by atoms with van der Waals surface area (Å²) in [5.41, 5.74) is 0.174. The SMILES string of the molecule is O=C(O)CN(c1ccccc1)P(=O)(O)O. The van der Waals surface area contributed by atoms with Gasteiger partial charge in [-0.15, -0.1) is 0 Å². The number of carbonyl (C=O) groups is 1. The summed E-state index contributed by atoms with van der Waals surface area (Å²) in [6.07, 6.45) is 0. The number of rotatable bonds is 4. The van der Waals surface area contributed by atoms with E-state index in [2.05, 4.69) is 0 Å². The van der Waals surface area contributed by atoms with Crippen LogP contribution in [0.5, 0.6) is 0 Å². The van der Waals surface area contributed by atoms with Crippen LogP contribution in [0.2, 0.25) is 0 Å². The Kier molecular flexibility index (Phi) is 3.47. The van der Waals surface area contributed by atoms with E-state index in [4.69, 9.17) is 14.9 Å². The van der Waals surface area contributed by atoms with Crippen molar-refractivity contribution in [3.8, 4) is 0 Å². The lowest BCUT2D eigenvalue weighted by Gasteiger charge is -2.23. The van der Waals surface area contributed by atoms with Crippen molar-refractivity contribution in [2.75, 3.05) is 11.2 Å². The average Bonchev–Trinajstić information content (AvgIpc) is 2.14. The molecule has 15 heavy (non-hydrogen) atoms. The Morgan fingerprint density at radius 1 is 1.27 bits per heavy atom. The molecule has 0 aliphatic carbocycles. The summed E-state index contributed by atoms with van der Waals surface area (Å²) in [6, 6.07) is 7.67. The molecule has 0 bridgehead atoms. The quantitative estimate of drug-likeness (QED) is 0.659. The minimum Gasteiger partial charge on any atom is -0.480 e. The molecule has 0 aliphatic rings. The van der Waals surface area contributed by atoms with Crippen LogP contribution in [0.1, 0.15) is 0 Å². The van der Waals surface area contributed by atoms with Gasteiger partial charge in [0.1, 0.15) is 6.54 Å². The third kappa shape index (κ3) is 3.36. The largest absolute Gasteiger partial charge is 0.480 e. The van der Waals surface area contributed by atoms with Crippen LogP contribution in [-0.4, -0.2) is 27.4 Å². The van der Waals surface area contributed by atoms with E-state index in [0.29, 0.717) is 4.67 Å². The van der Waals surface area contributed by atoms with Gasteiger partial charge in [0.15, 0.2) is 0 Å². The van der Waals surface area contributed by atoms with Crippen molar-refractivity contribution in [2.45, 2.75) is 0 Å². The van der Waals surface area contributed by atoms with Crippen molar-refractivity contribution in [3.63, 3.8) is 0 Å². The summed E-state index contributed by atoms with van der Waals surface area (Å²) in [7, 11) is -4.60. The van der Waals surface area contributed by atoms with Gasteiger partial charge in [0.05, 0.1) is 0 Å². The number of anilines is 1. The second-order valence-electron chi connectivity index (χ2n) is 2.80. The van der Waals surface area contributed by atoms with Crippen molar-refractivity contribution in [1.29, 1.82) is 0 Å². The maximum absolute atomic E-state index is 11.0. The van der Waals surface area contributed by atoms with Crippen LogP contribution in [0.25, 0.3) is 0 Å². The third-order valence-electron chi connectivity index (χ3n) is 1.65. The highest BCUT2D eigenvalue weighted by Gasteiger charge is 2.27. The van der Waals surface area contributed by atoms with Crippen LogP contribution < -0.4 is 4.67 Å². The van der Waals surface area contributed by atoms with E-state index >= 15 is 0 Å². The van der Waals surface area contributed by atoms with Gasteiger partial charge < -0.3 is 14.9 Å². The fourth-order valence-electron chi connectivity index (χ4n) is 1.06. The first kappa shape index (κ1) is 11.7. The summed E-state index contributed by atoms with van der Waals surface area (Å²) < 4.78 is 11.6. The molecule has 0 amide bonds. The van der Waals surface area contributed by atoms with E-state index < -0.39 is 20.3 Å². The summed E-state index contributed by atoms with van der Waals surface area (Å²) >= 11 is 0. The number of benzene rings is 1. The summed E-state index contributed by atoms with van der Waals surface area (Å²) in [5, 5.41) is 8.52. The van der Waals surface area contributed by atoms with Gasteiger partial charge in [-0.3, -0.25) is 9.46 Å². The number of carboxylic acid groups (broad SMARTS) is 1. The van der Waals surface area contributed by atoms with Crippen LogP contribution in [-0.2, 0) is 9.36 Å². The molecule has 3 N–H and O–H groups in total. The zero-order valence-electron chi connectivity index (χ0n) is 7.65. The summed E-state index contributed by atoms with van der Waals surface area (Å²) in [6.45, 7) is -0.742. The van der Waals surface area contributed by atoms with Crippen LogP contribution in [0.15, 0.2) is 30.3 Å². The van der Waals surface area contributed by atoms with Crippen LogP contribution in [0.3, 0.4) is 0 Å². The summed E-state index contributed by atoms with van der Waals surface area (Å²) in [4.78, 5) is 28.4. The average molecular weight is 231 g/mol. The highest BCUT2D eigenvalue weighted by Crippen LogP contribution is 2.43. The molecule has 0 saturated carbocycles.